The Bertz CT molecular complexity index is 255. The molecule has 2 atom stereocenters. The van der Waals surface area contributed by atoms with Crippen molar-refractivity contribution in [1.29, 1.82) is 0 Å². The van der Waals surface area contributed by atoms with Crippen molar-refractivity contribution in [2.24, 2.45) is 0 Å². The van der Waals surface area contributed by atoms with Crippen molar-refractivity contribution < 1.29 is 10.2 Å². The van der Waals surface area contributed by atoms with E-state index in [1.54, 1.807) is 12.2 Å². The Morgan fingerprint density at radius 3 is 2.18 bits per heavy atom. The van der Waals surface area contributed by atoms with Gasteiger partial charge >= 0.3 is 0 Å². The van der Waals surface area contributed by atoms with Crippen LogP contribution in [0.25, 0.3) is 0 Å². The van der Waals surface area contributed by atoms with Crippen LogP contribution in [-0.4, -0.2) is 21.4 Å². The highest BCUT2D eigenvalue weighted by Crippen LogP contribution is 2.27. The van der Waals surface area contributed by atoms with Crippen molar-refractivity contribution >= 4 is 0 Å². The van der Waals surface area contributed by atoms with Crippen LogP contribution >= 0.6 is 0 Å². The lowest BCUT2D eigenvalue weighted by Gasteiger charge is -2.34. The zero-order valence-corrected chi connectivity index (χ0v) is 6.28. The van der Waals surface area contributed by atoms with E-state index in [0.29, 0.717) is 0 Å². The summed E-state index contributed by atoms with van der Waals surface area (Å²) in [5.74, 6) is 2.14. The molecule has 0 spiro atoms. The van der Waals surface area contributed by atoms with Gasteiger partial charge in [0.05, 0.1) is 0 Å². The van der Waals surface area contributed by atoms with Gasteiger partial charge in [-0.05, 0) is 19.1 Å². The van der Waals surface area contributed by atoms with Gasteiger partial charge in [-0.15, -0.1) is 6.42 Å². The Morgan fingerprint density at radius 2 is 1.82 bits per heavy atom. The highest BCUT2D eigenvalue weighted by Gasteiger charge is 2.41. The second-order valence-corrected chi connectivity index (χ2v) is 2.78. The van der Waals surface area contributed by atoms with Gasteiger partial charge in [0.1, 0.15) is 5.60 Å². The molecule has 0 aromatic rings. The maximum absolute atomic E-state index is 9.58. The van der Waals surface area contributed by atoms with Gasteiger partial charge in [0.15, 0.2) is 5.60 Å². The van der Waals surface area contributed by atoms with Crippen molar-refractivity contribution in [2.45, 2.75) is 18.1 Å². The van der Waals surface area contributed by atoms with E-state index in [1.807, 2.05) is 0 Å². The Kier molecular flexibility index (Phi) is 1.63. The summed E-state index contributed by atoms with van der Waals surface area (Å²) in [5.41, 5.74) is -2.93. The Balaban J connectivity index is 3.09. The third-order valence-electron chi connectivity index (χ3n) is 1.86. The van der Waals surface area contributed by atoms with E-state index in [-0.39, 0.29) is 0 Å². The first kappa shape index (κ1) is 8.06. The van der Waals surface area contributed by atoms with Crippen LogP contribution in [0.5, 0.6) is 0 Å². The van der Waals surface area contributed by atoms with Crippen molar-refractivity contribution in [3.05, 3.63) is 24.3 Å². The lowest BCUT2D eigenvalue weighted by molar-refractivity contribution is -0.0445. The number of rotatable bonds is 0. The summed E-state index contributed by atoms with van der Waals surface area (Å²) in [4.78, 5) is 0. The quantitative estimate of drug-likeness (QED) is 0.485. The van der Waals surface area contributed by atoms with E-state index in [4.69, 9.17) is 6.42 Å². The first-order chi connectivity index (χ1) is 5.02. The predicted octanol–water partition coefficient (Wildman–Crippen LogP) is 0.228. The summed E-state index contributed by atoms with van der Waals surface area (Å²) < 4.78 is 0. The molecule has 2 nitrogen and oxygen atoms in total. The molecule has 1 rings (SSSR count). The summed E-state index contributed by atoms with van der Waals surface area (Å²) in [7, 11) is 0. The number of allylic oxidation sites excluding steroid dienone is 2. The van der Waals surface area contributed by atoms with Gasteiger partial charge in [0.2, 0.25) is 0 Å². The fraction of sp³-hybridized carbons (Fsp3) is 0.333. The third kappa shape index (κ3) is 1.09. The zero-order valence-electron chi connectivity index (χ0n) is 6.28. The van der Waals surface area contributed by atoms with Gasteiger partial charge in [-0.1, -0.05) is 18.1 Å². The highest BCUT2D eigenvalue weighted by atomic mass is 16.4. The van der Waals surface area contributed by atoms with Crippen LogP contribution in [-0.2, 0) is 0 Å². The van der Waals surface area contributed by atoms with E-state index < -0.39 is 11.2 Å². The van der Waals surface area contributed by atoms with Crippen LogP contribution in [0.1, 0.15) is 6.92 Å². The maximum atomic E-state index is 9.58. The fourth-order valence-electron chi connectivity index (χ4n) is 0.928. The van der Waals surface area contributed by atoms with E-state index in [0.717, 1.165) is 0 Å². The van der Waals surface area contributed by atoms with Gasteiger partial charge < -0.3 is 10.2 Å². The molecule has 2 heteroatoms. The van der Waals surface area contributed by atoms with Crippen molar-refractivity contribution in [3.63, 3.8) is 0 Å². The minimum Gasteiger partial charge on any atom is -0.382 e. The SMILES string of the molecule is C#CC1(O)C=CC=CC1(C)O. The molecule has 1 aliphatic rings. The molecular formula is C9H10O2. The van der Waals surface area contributed by atoms with Gasteiger partial charge in [-0.2, -0.15) is 0 Å². The standard InChI is InChI=1S/C9H10O2/c1-3-9(11)7-5-4-6-8(9,2)10/h1,4-7,10-11H,2H3. The summed E-state index contributed by atoms with van der Waals surface area (Å²) >= 11 is 0. The van der Waals surface area contributed by atoms with Crippen molar-refractivity contribution in [1.82, 2.24) is 0 Å². The minimum absolute atomic E-state index is 1.36. The number of terminal acetylenes is 1. The Morgan fingerprint density at radius 1 is 1.27 bits per heavy atom. The molecule has 0 fully saturated rings. The van der Waals surface area contributed by atoms with Gasteiger partial charge in [-0.25, -0.2) is 0 Å². The van der Waals surface area contributed by atoms with E-state index in [2.05, 4.69) is 5.92 Å². The Hall–Kier alpha value is -1.04. The van der Waals surface area contributed by atoms with Crippen LogP contribution in [0.2, 0.25) is 0 Å². The number of aliphatic hydroxyl groups is 2. The molecule has 0 amide bonds. The summed E-state index contributed by atoms with van der Waals surface area (Å²) in [6.07, 6.45) is 11.2. The van der Waals surface area contributed by atoms with Crippen molar-refractivity contribution in [3.8, 4) is 12.3 Å². The van der Waals surface area contributed by atoms with Crippen LogP contribution in [0.15, 0.2) is 24.3 Å². The van der Waals surface area contributed by atoms with E-state index >= 15 is 0 Å². The summed E-state index contributed by atoms with van der Waals surface area (Å²) in [6, 6.07) is 0. The highest BCUT2D eigenvalue weighted by molar-refractivity contribution is 5.36. The van der Waals surface area contributed by atoms with Gasteiger partial charge in [-0.3, -0.25) is 0 Å². The molecule has 2 N–H and O–H groups in total. The van der Waals surface area contributed by atoms with Crippen LogP contribution in [0.4, 0.5) is 0 Å². The largest absolute Gasteiger partial charge is 0.382 e. The lowest BCUT2D eigenvalue weighted by atomic mass is 9.82. The molecule has 2 unspecified atom stereocenters. The lowest BCUT2D eigenvalue weighted by Crippen LogP contribution is -2.49. The number of hydrogen-bond donors (Lipinski definition) is 2. The molecule has 0 saturated heterocycles. The van der Waals surface area contributed by atoms with Crippen LogP contribution in [0.3, 0.4) is 0 Å². The van der Waals surface area contributed by atoms with Crippen LogP contribution in [0, 0.1) is 12.3 Å². The monoisotopic (exact) mass is 150 g/mol. The molecule has 58 valence electrons. The third-order valence-corrected chi connectivity index (χ3v) is 1.86. The normalized spacial score (nSPS) is 42.0. The fourth-order valence-corrected chi connectivity index (χ4v) is 0.928. The first-order valence-electron chi connectivity index (χ1n) is 3.31. The molecule has 0 bridgehead atoms. The second-order valence-electron chi connectivity index (χ2n) is 2.78. The van der Waals surface area contributed by atoms with E-state index in [1.165, 1.54) is 19.1 Å². The average molecular weight is 150 g/mol. The number of hydrogen-bond acceptors (Lipinski definition) is 2. The van der Waals surface area contributed by atoms with Crippen molar-refractivity contribution in [2.75, 3.05) is 0 Å². The van der Waals surface area contributed by atoms with E-state index in [9.17, 15) is 10.2 Å². The molecule has 11 heavy (non-hydrogen) atoms. The van der Waals surface area contributed by atoms with Crippen LogP contribution < -0.4 is 0 Å². The molecular weight excluding hydrogens is 140 g/mol. The molecule has 0 saturated carbocycles. The van der Waals surface area contributed by atoms with Gasteiger partial charge in [0.25, 0.3) is 0 Å². The molecule has 0 radical (unpaired) electrons. The summed E-state index contributed by atoms with van der Waals surface area (Å²) in [5, 5.41) is 19.1. The predicted molar refractivity (Wildman–Crippen MR) is 42.7 cm³/mol. The van der Waals surface area contributed by atoms with Gasteiger partial charge in [0, 0.05) is 0 Å². The molecule has 0 aliphatic heterocycles. The topological polar surface area (TPSA) is 40.5 Å². The maximum Gasteiger partial charge on any atom is 0.176 e. The molecule has 0 aromatic carbocycles. The minimum atomic E-state index is -1.57. The zero-order chi connectivity index (χ0) is 8.54. The smallest absolute Gasteiger partial charge is 0.176 e. The second kappa shape index (κ2) is 2.23. The summed E-state index contributed by atoms with van der Waals surface area (Å²) in [6.45, 7) is 1.47. The molecule has 1 aliphatic carbocycles. The Labute approximate surface area is 65.9 Å². The molecule has 0 heterocycles. The average Bonchev–Trinajstić information content (AvgIpc) is 1.95. The first-order valence-corrected chi connectivity index (χ1v) is 3.31. The molecule has 0 aromatic heterocycles.